The van der Waals surface area contributed by atoms with Crippen molar-refractivity contribution in [3.63, 3.8) is 0 Å². The van der Waals surface area contributed by atoms with Crippen LogP contribution in [0.15, 0.2) is 6.07 Å². The number of ether oxygens (including phenoxy) is 1. The summed E-state index contributed by atoms with van der Waals surface area (Å²) in [6.07, 6.45) is 0.892. The van der Waals surface area contributed by atoms with E-state index in [0.29, 0.717) is 6.61 Å². The molecule has 0 bridgehead atoms. The molecule has 0 radical (unpaired) electrons. The van der Waals surface area contributed by atoms with Crippen LogP contribution < -0.4 is 5.32 Å². The van der Waals surface area contributed by atoms with Gasteiger partial charge in [0, 0.05) is 18.9 Å². The molecule has 2 rings (SSSR count). The fourth-order valence-corrected chi connectivity index (χ4v) is 2.28. The molecular weight excluding hydrogens is 266 g/mol. The van der Waals surface area contributed by atoms with Gasteiger partial charge in [-0.1, -0.05) is 6.92 Å². The van der Waals surface area contributed by atoms with E-state index in [0.717, 1.165) is 47.4 Å². The number of aryl methyl sites for hydroxylation is 3. The fourth-order valence-electron chi connectivity index (χ4n) is 2.28. The molecule has 6 heteroatoms. The lowest BCUT2D eigenvalue weighted by Gasteiger charge is -2.09. The maximum atomic E-state index is 5.11. The Morgan fingerprint density at radius 1 is 1.24 bits per heavy atom. The first-order chi connectivity index (χ1) is 10.0. The van der Waals surface area contributed by atoms with Crippen molar-refractivity contribution in [3.8, 4) is 0 Å². The van der Waals surface area contributed by atoms with Crippen LogP contribution in [0, 0.1) is 20.8 Å². The van der Waals surface area contributed by atoms with E-state index < -0.39 is 0 Å². The number of nitrogens with one attached hydrogen (secondary N) is 1. The summed E-state index contributed by atoms with van der Waals surface area (Å²) in [6, 6.07) is 1.98. The zero-order valence-electron chi connectivity index (χ0n) is 13.4. The zero-order valence-corrected chi connectivity index (χ0v) is 13.4. The normalized spacial score (nSPS) is 10.9. The number of aromatic nitrogens is 4. The van der Waals surface area contributed by atoms with Crippen molar-refractivity contribution in [2.24, 2.45) is 0 Å². The standard InChI is InChI=1S/C15H23N5O/c1-6-13-9-14(17-12(4)16-13)18-15-10(2)19-20(11(15)3)7-8-21-5/h9H,6-8H2,1-5H3,(H,16,17,18). The van der Waals surface area contributed by atoms with Crippen LogP contribution in [0.4, 0.5) is 11.5 Å². The maximum absolute atomic E-state index is 5.11. The minimum atomic E-state index is 0.647. The first kappa shape index (κ1) is 15.4. The van der Waals surface area contributed by atoms with Gasteiger partial charge in [-0.25, -0.2) is 9.97 Å². The minimum absolute atomic E-state index is 0.647. The lowest BCUT2D eigenvalue weighted by Crippen LogP contribution is -2.08. The predicted molar refractivity (Wildman–Crippen MR) is 83.0 cm³/mol. The van der Waals surface area contributed by atoms with E-state index in [1.54, 1.807) is 7.11 Å². The fraction of sp³-hybridized carbons (Fsp3) is 0.533. The van der Waals surface area contributed by atoms with E-state index in [4.69, 9.17) is 4.74 Å². The summed E-state index contributed by atoms with van der Waals surface area (Å²) in [5.41, 5.74) is 4.08. The molecule has 1 N–H and O–H groups in total. The summed E-state index contributed by atoms with van der Waals surface area (Å²) < 4.78 is 7.07. The molecule has 0 aliphatic heterocycles. The lowest BCUT2D eigenvalue weighted by atomic mass is 10.3. The van der Waals surface area contributed by atoms with E-state index in [2.05, 4.69) is 27.3 Å². The topological polar surface area (TPSA) is 64.9 Å². The number of nitrogens with zero attached hydrogens (tertiary/aromatic N) is 4. The molecule has 0 spiro atoms. The minimum Gasteiger partial charge on any atom is -0.383 e. The van der Waals surface area contributed by atoms with E-state index in [1.165, 1.54) is 0 Å². The van der Waals surface area contributed by atoms with Crippen LogP contribution in [0.25, 0.3) is 0 Å². The van der Waals surface area contributed by atoms with Gasteiger partial charge in [0.2, 0.25) is 0 Å². The van der Waals surface area contributed by atoms with Gasteiger partial charge in [0.1, 0.15) is 11.6 Å². The van der Waals surface area contributed by atoms with Crippen LogP contribution >= 0.6 is 0 Å². The molecule has 0 aliphatic rings. The molecule has 2 heterocycles. The van der Waals surface area contributed by atoms with E-state index in [9.17, 15) is 0 Å². The van der Waals surface area contributed by atoms with Crippen LogP contribution in [0.1, 0.15) is 29.8 Å². The molecule has 0 aromatic carbocycles. The third-order valence-electron chi connectivity index (χ3n) is 3.40. The van der Waals surface area contributed by atoms with Crippen LogP contribution in [0.2, 0.25) is 0 Å². The summed E-state index contributed by atoms with van der Waals surface area (Å²) >= 11 is 0. The van der Waals surface area contributed by atoms with Crippen LogP contribution in [0.5, 0.6) is 0 Å². The second-order valence-corrected chi connectivity index (χ2v) is 5.03. The number of hydrogen-bond donors (Lipinski definition) is 1. The molecular formula is C15H23N5O. The summed E-state index contributed by atoms with van der Waals surface area (Å²) in [7, 11) is 1.70. The van der Waals surface area contributed by atoms with E-state index in [-0.39, 0.29) is 0 Å². The molecule has 6 nitrogen and oxygen atoms in total. The van der Waals surface area contributed by atoms with Crippen molar-refractivity contribution in [2.45, 2.75) is 40.7 Å². The molecule has 2 aromatic heterocycles. The number of rotatable bonds is 6. The lowest BCUT2D eigenvalue weighted by molar-refractivity contribution is 0.182. The molecule has 0 saturated heterocycles. The number of hydrogen-bond acceptors (Lipinski definition) is 5. The Morgan fingerprint density at radius 2 is 2.00 bits per heavy atom. The largest absolute Gasteiger partial charge is 0.383 e. The highest BCUT2D eigenvalue weighted by Gasteiger charge is 2.12. The Morgan fingerprint density at radius 3 is 2.67 bits per heavy atom. The molecule has 0 fully saturated rings. The van der Waals surface area contributed by atoms with Gasteiger partial charge in [0.25, 0.3) is 0 Å². The predicted octanol–water partition coefficient (Wildman–Crippen LogP) is 2.55. The molecule has 0 amide bonds. The molecule has 0 atom stereocenters. The van der Waals surface area contributed by atoms with Gasteiger partial charge in [0.15, 0.2) is 0 Å². The van der Waals surface area contributed by atoms with Crippen molar-refractivity contribution in [1.82, 2.24) is 19.7 Å². The van der Waals surface area contributed by atoms with Gasteiger partial charge in [-0.15, -0.1) is 0 Å². The van der Waals surface area contributed by atoms with Gasteiger partial charge >= 0.3 is 0 Å². The third-order valence-corrected chi connectivity index (χ3v) is 3.40. The maximum Gasteiger partial charge on any atom is 0.134 e. The molecule has 0 aliphatic carbocycles. The summed E-state index contributed by atoms with van der Waals surface area (Å²) in [5, 5.41) is 7.92. The van der Waals surface area contributed by atoms with Gasteiger partial charge in [-0.2, -0.15) is 5.10 Å². The zero-order chi connectivity index (χ0) is 15.4. The summed E-state index contributed by atoms with van der Waals surface area (Å²) in [5.74, 6) is 1.59. The Balaban J connectivity index is 2.27. The SMILES string of the molecule is CCc1cc(Nc2c(C)nn(CCOC)c2C)nc(C)n1. The van der Waals surface area contributed by atoms with Crippen molar-refractivity contribution in [3.05, 3.63) is 29.0 Å². The summed E-state index contributed by atoms with van der Waals surface area (Å²) in [4.78, 5) is 8.84. The average Bonchev–Trinajstić information content (AvgIpc) is 2.72. The van der Waals surface area contributed by atoms with E-state index in [1.807, 2.05) is 31.5 Å². The first-order valence-corrected chi connectivity index (χ1v) is 7.19. The van der Waals surface area contributed by atoms with Gasteiger partial charge in [-0.3, -0.25) is 4.68 Å². The third kappa shape index (κ3) is 3.58. The Kier molecular flexibility index (Phi) is 4.90. The second kappa shape index (κ2) is 6.67. The first-order valence-electron chi connectivity index (χ1n) is 7.19. The molecule has 2 aromatic rings. The molecule has 114 valence electrons. The van der Waals surface area contributed by atoms with Gasteiger partial charge in [0.05, 0.1) is 30.2 Å². The quantitative estimate of drug-likeness (QED) is 0.885. The van der Waals surface area contributed by atoms with Crippen molar-refractivity contribution < 1.29 is 4.74 Å². The number of anilines is 2. The molecule has 21 heavy (non-hydrogen) atoms. The molecule has 0 unspecified atom stereocenters. The summed E-state index contributed by atoms with van der Waals surface area (Å²) in [6.45, 7) is 9.43. The Labute approximate surface area is 125 Å². The van der Waals surface area contributed by atoms with Gasteiger partial charge in [-0.05, 0) is 27.2 Å². The second-order valence-electron chi connectivity index (χ2n) is 5.03. The van der Waals surface area contributed by atoms with Crippen LogP contribution in [-0.4, -0.2) is 33.5 Å². The monoisotopic (exact) mass is 289 g/mol. The Bertz CT molecular complexity index is 621. The van der Waals surface area contributed by atoms with Crippen LogP contribution in [-0.2, 0) is 17.7 Å². The van der Waals surface area contributed by atoms with Gasteiger partial charge < -0.3 is 10.1 Å². The highest BCUT2D eigenvalue weighted by Crippen LogP contribution is 2.23. The molecule has 0 saturated carbocycles. The highest BCUT2D eigenvalue weighted by molar-refractivity contribution is 5.61. The average molecular weight is 289 g/mol. The number of methoxy groups -OCH3 is 1. The van der Waals surface area contributed by atoms with E-state index >= 15 is 0 Å². The highest BCUT2D eigenvalue weighted by atomic mass is 16.5. The van der Waals surface area contributed by atoms with Crippen molar-refractivity contribution in [2.75, 3.05) is 19.0 Å². The smallest absolute Gasteiger partial charge is 0.134 e. The van der Waals surface area contributed by atoms with Crippen molar-refractivity contribution in [1.29, 1.82) is 0 Å². The van der Waals surface area contributed by atoms with Crippen LogP contribution in [0.3, 0.4) is 0 Å². The van der Waals surface area contributed by atoms with Crippen molar-refractivity contribution >= 4 is 11.5 Å². The Hall–Kier alpha value is -1.95.